The van der Waals surface area contributed by atoms with Crippen molar-refractivity contribution in [1.29, 1.82) is 0 Å². The van der Waals surface area contributed by atoms with E-state index >= 15 is 0 Å². The minimum atomic E-state index is 0.0993. The monoisotopic (exact) mass is 306 g/mol. The molecule has 1 aromatic rings. The molecule has 4 heteroatoms. The van der Waals surface area contributed by atoms with E-state index in [0.717, 1.165) is 12.5 Å². The molecule has 2 unspecified atom stereocenters. The minimum absolute atomic E-state index is 0.0993. The Hall–Kier alpha value is -0.450. The van der Waals surface area contributed by atoms with Crippen LogP contribution in [0.4, 0.5) is 0 Å². The number of rotatable bonds is 4. The lowest BCUT2D eigenvalue weighted by molar-refractivity contribution is 0.0284. The van der Waals surface area contributed by atoms with Crippen LogP contribution in [0.15, 0.2) is 0 Å². The molecular weight excluding hydrogens is 280 g/mol. The number of aryl methyl sites for hydroxylation is 2. The lowest BCUT2D eigenvalue weighted by Gasteiger charge is -2.40. The Morgan fingerprint density at radius 2 is 2.05 bits per heavy atom. The molecule has 1 heterocycles. The largest absolute Gasteiger partial charge is 0.381 e. The zero-order valence-electron chi connectivity index (χ0n) is 13.0. The maximum Gasteiger partial charge on any atom is 0.113 e. The van der Waals surface area contributed by atoms with Crippen molar-refractivity contribution in [2.45, 2.75) is 81.9 Å². The Balaban J connectivity index is 1.66. The van der Waals surface area contributed by atoms with Gasteiger partial charge in [0.25, 0.3) is 0 Å². The lowest BCUT2D eigenvalue weighted by atomic mass is 9.80. The highest BCUT2D eigenvalue weighted by Crippen LogP contribution is 2.43. The zero-order valence-corrected chi connectivity index (χ0v) is 13.8. The average Bonchev–Trinajstić information content (AvgIpc) is 3.21. The van der Waals surface area contributed by atoms with Crippen molar-refractivity contribution in [2.24, 2.45) is 0 Å². The van der Waals surface area contributed by atoms with Gasteiger partial charge in [-0.1, -0.05) is 0 Å². The molecule has 0 radical (unpaired) electrons. The number of ether oxygens (including phenoxy) is 1. The van der Waals surface area contributed by atoms with Crippen molar-refractivity contribution in [3.63, 3.8) is 0 Å². The van der Waals surface area contributed by atoms with Crippen LogP contribution in [-0.4, -0.2) is 24.2 Å². The summed E-state index contributed by atoms with van der Waals surface area (Å²) in [6.45, 7) is 0. The molecule has 3 nitrogen and oxygen atoms in total. The summed E-state index contributed by atoms with van der Waals surface area (Å²) in [4.78, 5) is 6.66. The van der Waals surface area contributed by atoms with Crippen molar-refractivity contribution in [3.8, 4) is 0 Å². The molecule has 0 aromatic carbocycles. The van der Waals surface area contributed by atoms with Gasteiger partial charge in [0.2, 0.25) is 0 Å². The predicted octanol–water partition coefficient (Wildman–Crippen LogP) is 3.56. The summed E-state index contributed by atoms with van der Waals surface area (Å²) >= 11 is 1.99. The van der Waals surface area contributed by atoms with Crippen molar-refractivity contribution in [2.75, 3.05) is 7.11 Å². The van der Waals surface area contributed by atoms with E-state index in [-0.39, 0.29) is 5.54 Å². The summed E-state index contributed by atoms with van der Waals surface area (Å²) in [6, 6.07) is 0.724. The van der Waals surface area contributed by atoms with Crippen LogP contribution in [0.3, 0.4) is 0 Å². The summed E-state index contributed by atoms with van der Waals surface area (Å²) in [5.41, 5.74) is 1.50. The van der Waals surface area contributed by atoms with E-state index in [4.69, 9.17) is 9.72 Å². The Morgan fingerprint density at radius 1 is 1.19 bits per heavy atom. The fourth-order valence-electron chi connectivity index (χ4n) is 3.99. The first-order chi connectivity index (χ1) is 10.3. The third kappa shape index (κ3) is 2.78. The lowest BCUT2D eigenvalue weighted by Crippen LogP contribution is -2.48. The van der Waals surface area contributed by atoms with Crippen LogP contribution < -0.4 is 5.32 Å². The van der Waals surface area contributed by atoms with Crippen LogP contribution in [0, 0.1) is 0 Å². The highest BCUT2D eigenvalue weighted by molar-refractivity contribution is 7.11. The number of aromatic nitrogens is 1. The molecule has 0 amide bonds. The van der Waals surface area contributed by atoms with Crippen molar-refractivity contribution < 1.29 is 4.74 Å². The third-order valence-corrected chi connectivity index (χ3v) is 6.71. The van der Waals surface area contributed by atoms with E-state index in [9.17, 15) is 0 Å². The van der Waals surface area contributed by atoms with Gasteiger partial charge in [0.1, 0.15) is 5.01 Å². The number of hydrogen-bond acceptors (Lipinski definition) is 4. The van der Waals surface area contributed by atoms with Gasteiger partial charge >= 0.3 is 0 Å². The third-order valence-electron chi connectivity index (χ3n) is 5.35. The van der Waals surface area contributed by atoms with Gasteiger partial charge in [-0.05, 0) is 64.2 Å². The molecule has 0 saturated heterocycles. The summed E-state index contributed by atoms with van der Waals surface area (Å²) in [6.07, 6.45) is 13.0. The molecule has 2 fully saturated rings. The molecule has 0 aliphatic heterocycles. The second kappa shape index (κ2) is 5.64. The highest BCUT2D eigenvalue weighted by Gasteiger charge is 2.44. The quantitative estimate of drug-likeness (QED) is 0.923. The minimum Gasteiger partial charge on any atom is -0.381 e. The first-order valence-electron chi connectivity index (χ1n) is 8.59. The molecule has 3 aliphatic rings. The number of methoxy groups -OCH3 is 1. The van der Waals surface area contributed by atoms with Gasteiger partial charge in [-0.25, -0.2) is 4.98 Å². The molecule has 1 N–H and O–H groups in total. The van der Waals surface area contributed by atoms with Crippen molar-refractivity contribution in [3.05, 3.63) is 15.6 Å². The van der Waals surface area contributed by atoms with E-state index < -0.39 is 0 Å². The maximum atomic E-state index is 5.71. The van der Waals surface area contributed by atoms with Gasteiger partial charge < -0.3 is 10.1 Å². The Kier molecular flexibility index (Phi) is 3.80. The molecule has 2 saturated carbocycles. The van der Waals surface area contributed by atoms with Gasteiger partial charge in [-0.15, -0.1) is 11.3 Å². The molecule has 21 heavy (non-hydrogen) atoms. The van der Waals surface area contributed by atoms with Crippen molar-refractivity contribution in [1.82, 2.24) is 10.3 Å². The van der Waals surface area contributed by atoms with Crippen LogP contribution >= 0.6 is 11.3 Å². The van der Waals surface area contributed by atoms with E-state index in [1.54, 1.807) is 4.88 Å². The second-order valence-corrected chi connectivity index (χ2v) is 8.13. The smallest absolute Gasteiger partial charge is 0.113 e. The number of fused-ring (bicyclic) bond motifs is 1. The standard InChI is InChI=1S/C17H26N2OS/c1-20-13-5-4-10-17(11-13,19-12-8-9-12)16-18-14-6-2-3-7-15(14)21-16/h12-13,19H,2-11H2,1H3. The summed E-state index contributed by atoms with van der Waals surface area (Å²) in [7, 11) is 1.87. The van der Waals surface area contributed by atoms with E-state index in [0.29, 0.717) is 6.10 Å². The average molecular weight is 306 g/mol. The molecule has 1 aromatic heterocycles. The fraction of sp³-hybridized carbons (Fsp3) is 0.824. The Morgan fingerprint density at radius 3 is 2.81 bits per heavy atom. The Labute approximate surface area is 131 Å². The number of nitrogens with zero attached hydrogens (tertiary/aromatic N) is 1. The van der Waals surface area contributed by atoms with E-state index in [2.05, 4.69) is 5.32 Å². The van der Waals surface area contributed by atoms with E-state index in [1.807, 2.05) is 18.4 Å². The van der Waals surface area contributed by atoms with Crippen LogP contribution in [-0.2, 0) is 23.1 Å². The first kappa shape index (κ1) is 14.2. The maximum absolute atomic E-state index is 5.71. The van der Waals surface area contributed by atoms with Gasteiger partial charge in [0.15, 0.2) is 0 Å². The molecule has 0 bridgehead atoms. The molecule has 2 atom stereocenters. The highest BCUT2D eigenvalue weighted by atomic mass is 32.1. The van der Waals surface area contributed by atoms with Crippen LogP contribution in [0.5, 0.6) is 0 Å². The summed E-state index contributed by atoms with van der Waals surface area (Å²) in [5.74, 6) is 0. The van der Waals surface area contributed by atoms with Crippen molar-refractivity contribution >= 4 is 11.3 Å². The molecule has 3 aliphatic carbocycles. The predicted molar refractivity (Wildman–Crippen MR) is 85.9 cm³/mol. The molecule has 4 rings (SSSR count). The summed E-state index contributed by atoms with van der Waals surface area (Å²) in [5, 5.41) is 5.33. The number of nitrogens with one attached hydrogen (secondary N) is 1. The molecule has 0 spiro atoms. The normalized spacial score (nSPS) is 32.9. The first-order valence-corrected chi connectivity index (χ1v) is 9.40. The van der Waals surface area contributed by atoms with Gasteiger partial charge in [-0.3, -0.25) is 0 Å². The van der Waals surface area contributed by atoms with Crippen LogP contribution in [0.2, 0.25) is 0 Å². The fourth-order valence-corrected chi connectivity index (χ4v) is 5.33. The SMILES string of the molecule is COC1CCCC(NC2CC2)(c2nc3c(s2)CCCC3)C1. The molecular formula is C17H26N2OS. The summed E-state index contributed by atoms with van der Waals surface area (Å²) < 4.78 is 5.71. The molecule has 116 valence electrons. The van der Waals surface area contributed by atoms with Crippen LogP contribution in [0.1, 0.15) is 66.9 Å². The van der Waals surface area contributed by atoms with Crippen LogP contribution in [0.25, 0.3) is 0 Å². The number of hydrogen-bond donors (Lipinski definition) is 1. The zero-order chi connectivity index (χ0) is 14.3. The number of thiazole rings is 1. The Bertz CT molecular complexity index is 487. The van der Waals surface area contributed by atoms with Gasteiger partial charge in [0, 0.05) is 18.0 Å². The van der Waals surface area contributed by atoms with Gasteiger partial charge in [-0.2, -0.15) is 0 Å². The van der Waals surface area contributed by atoms with Gasteiger partial charge in [0.05, 0.1) is 17.3 Å². The second-order valence-electron chi connectivity index (χ2n) is 7.05. The topological polar surface area (TPSA) is 34.1 Å². The van der Waals surface area contributed by atoms with E-state index in [1.165, 1.54) is 68.5 Å².